The van der Waals surface area contributed by atoms with Crippen molar-refractivity contribution < 1.29 is 9.47 Å². The maximum atomic E-state index is 5.61. The van der Waals surface area contributed by atoms with Gasteiger partial charge in [-0.3, -0.25) is 4.99 Å². The molecule has 2 fully saturated rings. The number of guanidine groups is 1. The summed E-state index contributed by atoms with van der Waals surface area (Å²) in [6.45, 7) is 4.31. The van der Waals surface area contributed by atoms with Gasteiger partial charge < -0.3 is 19.7 Å². The molecule has 1 aromatic carbocycles. The first kappa shape index (κ1) is 18.1. The molecule has 0 amide bonds. The number of likely N-dealkylation sites (tertiary alicyclic amines) is 1. The van der Waals surface area contributed by atoms with Gasteiger partial charge in [-0.25, -0.2) is 0 Å². The van der Waals surface area contributed by atoms with Crippen LogP contribution >= 0.6 is 0 Å². The molecule has 1 saturated carbocycles. The van der Waals surface area contributed by atoms with E-state index >= 15 is 0 Å². The molecule has 2 atom stereocenters. The molecule has 1 aliphatic heterocycles. The third-order valence-corrected chi connectivity index (χ3v) is 5.42. The van der Waals surface area contributed by atoms with E-state index < -0.39 is 0 Å². The minimum absolute atomic E-state index is 0.581. The van der Waals surface area contributed by atoms with Gasteiger partial charge in [0.25, 0.3) is 0 Å². The second kappa shape index (κ2) is 9.09. The van der Waals surface area contributed by atoms with Crippen molar-refractivity contribution in [3.05, 3.63) is 29.8 Å². The van der Waals surface area contributed by atoms with Gasteiger partial charge in [-0.1, -0.05) is 25.0 Å². The van der Waals surface area contributed by atoms with Gasteiger partial charge in [0.1, 0.15) is 12.4 Å². The number of aliphatic imine (C=N–C) groups is 1. The molecule has 138 valence electrons. The normalized spacial score (nSPS) is 23.4. The summed E-state index contributed by atoms with van der Waals surface area (Å²) in [6, 6.07) is 8.23. The standard InChI is InChI=1S/C20H31N3O2/c1-21-20(23-14-17-5-3-4-6-18(17)15-23)22-13-16-7-9-19(10-8-16)25-12-11-24-2/h7-10,17-18H,3-6,11-15H2,1-2H3,(H,21,22). The summed E-state index contributed by atoms with van der Waals surface area (Å²) in [5, 5.41) is 3.52. The zero-order valence-corrected chi connectivity index (χ0v) is 15.5. The van der Waals surface area contributed by atoms with Crippen LogP contribution in [-0.4, -0.2) is 51.3 Å². The second-order valence-electron chi connectivity index (χ2n) is 7.10. The number of ether oxygens (including phenoxy) is 2. The molecular weight excluding hydrogens is 314 g/mol. The fourth-order valence-electron chi connectivity index (χ4n) is 4.04. The van der Waals surface area contributed by atoms with Crippen molar-refractivity contribution >= 4 is 5.96 Å². The molecule has 0 aromatic heterocycles. The van der Waals surface area contributed by atoms with Crippen LogP contribution in [0.3, 0.4) is 0 Å². The molecule has 3 rings (SSSR count). The minimum Gasteiger partial charge on any atom is -0.491 e. The van der Waals surface area contributed by atoms with Crippen LogP contribution < -0.4 is 10.1 Å². The topological polar surface area (TPSA) is 46.1 Å². The first-order chi connectivity index (χ1) is 12.3. The Morgan fingerprint density at radius 1 is 1.12 bits per heavy atom. The van der Waals surface area contributed by atoms with E-state index in [4.69, 9.17) is 9.47 Å². The van der Waals surface area contributed by atoms with E-state index in [0.717, 1.165) is 43.2 Å². The average molecular weight is 345 g/mol. The van der Waals surface area contributed by atoms with Crippen LogP contribution in [0.1, 0.15) is 31.2 Å². The molecule has 25 heavy (non-hydrogen) atoms. The molecule has 0 spiro atoms. The smallest absolute Gasteiger partial charge is 0.193 e. The van der Waals surface area contributed by atoms with Crippen LogP contribution in [0.4, 0.5) is 0 Å². The quantitative estimate of drug-likeness (QED) is 0.489. The molecule has 2 unspecified atom stereocenters. The van der Waals surface area contributed by atoms with E-state index in [9.17, 15) is 0 Å². The molecule has 0 bridgehead atoms. The zero-order chi connectivity index (χ0) is 17.5. The zero-order valence-electron chi connectivity index (χ0n) is 15.5. The number of nitrogens with one attached hydrogen (secondary N) is 1. The Bertz CT molecular complexity index is 545. The molecule has 1 saturated heterocycles. The molecule has 2 aliphatic rings. The Morgan fingerprint density at radius 2 is 1.80 bits per heavy atom. The Morgan fingerprint density at radius 3 is 2.40 bits per heavy atom. The molecule has 1 N–H and O–H groups in total. The van der Waals surface area contributed by atoms with Gasteiger partial charge in [-0.2, -0.15) is 0 Å². The van der Waals surface area contributed by atoms with Crippen molar-refractivity contribution in [3.8, 4) is 5.75 Å². The lowest BCUT2D eigenvalue weighted by molar-refractivity contribution is 0.146. The van der Waals surface area contributed by atoms with Gasteiger partial charge in [0.2, 0.25) is 0 Å². The molecule has 5 nitrogen and oxygen atoms in total. The lowest BCUT2D eigenvalue weighted by Gasteiger charge is -2.22. The average Bonchev–Trinajstić information content (AvgIpc) is 3.07. The second-order valence-corrected chi connectivity index (χ2v) is 7.10. The van der Waals surface area contributed by atoms with Gasteiger partial charge in [0, 0.05) is 33.8 Å². The van der Waals surface area contributed by atoms with Crippen molar-refractivity contribution in [3.63, 3.8) is 0 Å². The number of hydrogen-bond donors (Lipinski definition) is 1. The molecular formula is C20H31N3O2. The predicted octanol–water partition coefficient (Wildman–Crippen LogP) is 2.91. The van der Waals surface area contributed by atoms with Crippen molar-refractivity contribution in [2.45, 2.75) is 32.2 Å². The highest BCUT2D eigenvalue weighted by Crippen LogP contribution is 2.35. The van der Waals surface area contributed by atoms with Gasteiger partial charge in [-0.15, -0.1) is 0 Å². The summed E-state index contributed by atoms with van der Waals surface area (Å²) in [6.07, 6.45) is 5.59. The van der Waals surface area contributed by atoms with Crippen LogP contribution in [0.2, 0.25) is 0 Å². The maximum Gasteiger partial charge on any atom is 0.193 e. The number of fused-ring (bicyclic) bond motifs is 1. The molecule has 5 heteroatoms. The monoisotopic (exact) mass is 345 g/mol. The Hall–Kier alpha value is -1.75. The van der Waals surface area contributed by atoms with E-state index in [1.54, 1.807) is 7.11 Å². The third-order valence-electron chi connectivity index (χ3n) is 5.42. The van der Waals surface area contributed by atoms with E-state index in [2.05, 4.69) is 27.3 Å². The Labute approximate surface area is 151 Å². The maximum absolute atomic E-state index is 5.61. The van der Waals surface area contributed by atoms with Gasteiger partial charge in [0.05, 0.1) is 6.61 Å². The minimum atomic E-state index is 0.581. The van der Waals surface area contributed by atoms with E-state index in [0.29, 0.717) is 13.2 Å². The lowest BCUT2D eigenvalue weighted by atomic mass is 9.82. The van der Waals surface area contributed by atoms with Gasteiger partial charge in [-0.05, 0) is 42.4 Å². The number of nitrogens with zero attached hydrogens (tertiary/aromatic N) is 2. The summed E-state index contributed by atoms with van der Waals surface area (Å²) in [4.78, 5) is 6.95. The highest BCUT2D eigenvalue weighted by atomic mass is 16.5. The van der Waals surface area contributed by atoms with Crippen LogP contribution in [-0.2, 0) is 11.3 Å². The van der Waals surface area contributed by atoms with Crippen molar-refractivity contribution in [2.24, 2.45) is 16.8 Å². The van der Waals surface area contributed by atoms with E-state index in [-0.39, 0.29) is 0 Å². The van der Waals surface area contributed by atoms with Crippen molar-refractivity contribution in [2.75, 3.05) is 40.5 Å². The molecule has 0 radical (unpaired) electrons. The van der Waals surface area contributed by atoms with Gasteiger partial charge >= 0.3 is 0 Å². The number of hydrogen-bond acceptors (Lipinski definition) is 3. The molecule has 1 heterocycles. The predicted molar refractivity (Wildman–Crippen MR) is 101 cm³/mol. The van der Waals surface area contributed by atoms with Crippen molar-refractivity contribution in [1.29, 1.82) is 0 Å². The highest BCUT2D eigenvalue weighted by Gasteiger charge is 2.35. The largest absolute Gasteiger partial charge is 0.491 e. The highest BCUT2D eigenvalue weighted by molar-refractivity contribution is 5.80. The van der Waals surface area contributed by atoms with Crippen LogP contribution in [0.5, 0.6) is 5.75 Å². The summed E-state index contributed by atoms with van der Waals surface area (Å²) in [5.41, 5.74) is 1.23. The number of rotatable bonds is 6. The van der Waals surface area contributed by atoms with Crippen LogP contribution in [0.15, 0.2) is 29.3 Å². The third kappa shape index (κ3) is 4.88. The van der Waals surface area contributed by atoms with Gasteiger partial charge in [0.15, 0.2) is 5.96 Å². The first-order valence-corrected chi connectivity index (χ1v) is 9.46. The summed E-state index contributed by atoms with van der Waals surface area (Å²) < 4.78 is 10.6. The fourth-order valence-corrected chi connectivity index (χ4v) is 4.04. The Balaban J connectivity index is 1.48. The van der Waals surface area contributed by atoms with Crippen LogP contribution in [0.25, 0.3) is 0 Å². The SMILES string of the molecule is CN=C(NCc1ccc(OCCOC)cc1)N1CC2CCCCC2C1. The van der Waals surface area contributed by atoms with E-state index in [1.807, 2.05) is 19.2 Å². The summed E-state index contributed by atoms with van der Waals surface area (Å²) in [7, 11) is 3.57. The van der Waals surface area contributed by atoms with E-state index in [1.165, 1.54) is 31.2 Å². The lowest BCUT2D eigenvalue weighted by Crippen LogP contribution is -2.39. The molecule has 1 aromatic rings. The first-order valence-electron chi connectivity index (χ1n) is 9.46. The fraction of sp³-hybridized carbons (Fsp3) is 0.650. The number of methoxy groups -OCH3 is 1. The van der Waals surface area contributed by atoms with Crippen LogP contribution in [0, 0.1) is 11.8 Å². The summed E-state index contributed by atoms with van der Waals surface area (Å²) in [5.74, 6) is 3.66. The number of benzene rings is 1. The summed E-state index contributed by atoms with van der Waals surface area (Å²) >= 11 is 0. The molecule has 1 aliphatic carbocycles. The van der Waals surface area contributed by atoms with Crippen molar-refractivity contribution in [1.82, 2.24) is 10.2 Å². The Kier molecular flexibility index (Phi) is 6.56.